The number of carboxylic acids is 1. The predicted octanol–water partition coefficient (Wildman–Crippen LogP) is 1.57. The summed E-state index contributed by atoms with van der Waals surface area (Å²) in [5, 5.41) is 32.2. The van der Waals surface area contributed by atoms with Gasteiger partial charge >= 0.3 is 5.97 Å². The summed E-state index contributed by atoms with van der Waals surface area (Å²) in [4.78, 5) is 37.0. The average Bonchev–Trinajstić information content (AvgIpc) is 2.83. The Morgan fingerprint density at radius 3 is 2.42 bits per heavy atom. The second kappa shape index (κ2) is 14.7. The molecule has 1 saturated heterocycles. The van der Waals surface area contributed by atoms with Crippen molar-refractivity contribution in [1.29, 1.82) is 0 Å². The van der Waals surface area contributed by atoms with Gasteiger partial charge in [-0.05, 0) is 37.7 Å². The molecule has 0 aromatic heterocycles. The van der Waals surface area contributed by atoms with Crippen LogP contribution in [0.15, 0.2) is 42.5 Å². The Labute approximate surface area is 214 Å². The van der Waals surface area contributed by atoms with Gasteiger partial charge in [-0.1, -0.05) is 63.3 Å². The lowest BCUT2D eigenvalue weighted by Gasteiger charge is -2.29. The zero-order valence-electron chi connectivity index (χ0n) is 21.7. The first-order chi connectivity index (χ1) is 17.1. The molecule has 1 aliphatic heterocycles. The van der Waals surface area contributed by atoms with Crippen molar-refractivity contribution in [3.63, 3.8) is 0 Å². The van der Waals surface area contributed by atoms with E-state index in [4.69, 9.17) is 5.11 Å². The largest absolute Gasteiger partial charge is 0.481 e. The van der Waals surface area contributed by atoms with Gasteiger partial charge < -0.3 is 26.2 Å². The van der Waals surface area contributed by atoms with Gasteiger partial charge in [0.1, 0.15) is 12.3 Å². The molecule has 1 aliphatic rings. The van der Waals surface area contributed by atoms with Crippen molar-refractivity contribution in [1.82, 2.24) is 21.3 Å². The van der Waals surface area contributed by atoms with Crippen molar-refractivity contribution in [2.75, 3.05) is 6.54 Å². The number of hydrogen-bond donors (Lipinski definition) is 6. The van der Waals surface area contributed by atoms with Crippen LogP contribution in [0.1, 0.15) is 52.5 Å². The van der Waals surface area contributed by atoms with Gasteiger partial charge in [-0.3, -0.25) is 19.7 Å². The molecule has 6 atom stereocenters. The third-order valence-electron chi connectivity index (χ3n) is 6.55. The number of carbonyl (C=O) groups excluding carboxylic acids is 2. The first-order valence-corrected chi connectivity index (χ1v) is 12.8. The molecule has 0 spiro atoms. The molecule has 0 saturated carbocycles. The van der Waals surface area contributed by atoms with Crippen LogP contribution < -0.4 is 21.3 Å². The van der Waals surface area contributed by atoms with Crippen LogP contribution in [0.5, 0.6) is 0 Å². The number of aliphatic hydroxyl groups excluding tert-OH is 1. The summed E-state index contributed by atoms with van der Waals surface area (Å²) >= 11 is 0. The highest BCUT2D eigenvalue weighted by atomic mass is 16.4. The Bertz CT molecular complexity index is 876. The van der Waals surface area contributed by atoms with Crippen LogP contribution >= 0.6 is 0 Å². The standard InChI is InChI=1S/C27H42N4O5/c1-17(2)24-27(36)29-19(4)26(35)30-21(15-20-11-7-5-8-12-20)16-28-22(18(3)25(34)31-24)13-9-6-10-14-23(32)33/h5-9,11-12,17-19,21-22,24,26,28,30,35H,10,13-16H2,1-4H3,(H,29,36)(H,31,34)(H,32,33)/b9-6-/t18-,19+,21+,22+,24+,26?/m0/s1. The lowest BCUT2D eigenvalue weighted by Crippen LogP contribution is -2.57. The molecular weight excluding hydrogens is 460 g/mol. The maximum Gasteiger partial charge on any atom is 0.303 e. The number of aliphatic carboxylic acids is 1. The Morgan fingerprint density at radius 1 is 1.08 bits per heavy atom. The lowest BCUT2D eigenvalue weighted by molar-refractivity contribution is -0.137. The summed E-state index contributed by atoms with van der Waals surface area (Å²) in [6.45, 7) is 7.76. The summed E-state index contributed by atoms with van der Waals surface area (Å²) < 4.78 is 0. The highest BCUT2D eigenvalue weighted by Gasteiger charge is 2.32. The van der Waals surface area contributed by atoms with Gasteiger partial charge in [0.25, 0.3) is 0 Å². The molecule has 1 unspecified atom stereocenters. The molecule has 2 amide bonds. The highest BCUT2D eigenvalue weighted by Crippen LogP contribution is 2.14. The molecule has 0 aliphatic carbocycles. The third kappa shape index (κ3) is 9.72. The number of aliphatic hydroxyl groups is 1. The number of hydrogen-bond acceptors (Lipinski definition) is 6. The van der Waals surface area contributed by atoms with E-state index in [2.05, 4.69) is 21.3 Å². The molecule has 1 heterocycles. The number of carboxylic acid groups (broad SMARTS) is 1. The number of amides is 2. The number of benzene rings is 1. The third-order valence-corrected chi connectivity index (χ3v) is 6.55. The van der Waals surface area contributed by atoms with E-state index in [1.54, 1.807) is 6.92 Å². The Hall–Kier alpha value is -2.75. The van der Waals surface area contributed by atoms with Crippen LogP contribution in [0.25, 0.3) is 0 Å². The average molecular weight is 503 g/mol. The normalized spacial score (nSPS) is 28.6. The number of carbonyl (C=O) groups is 3. The van der Waals surface area contributed by atoms with E-state index in [1.165, 1.54) is 0 Å². The summed E-state index contributed by atoms with van der Waals surface area (Å²) in [6, 6.07) is 8.19. The fourth-order valence-electron chi connectivity index (χ4n) is 4.20. The molecule has 0 radical (unpaired) electrons. The van der Waals surface area contributed by atoms with E-state index in [0.29, 0.717) is 25.8 Å². The molecule has 2 rings (SSSR count). The molecule has 9 nitrogen and oxygen atoms in total. The van der Waals surface area contributed by atoms with E-state index in [9.17, 15) is 19.5 Å². The molecule has 200 valence electrons. The SMILES string of the molecule is CC(C)[C@H]1NC(=O)[C@@H](C)[C@@H](C/C=C\CCC(=O)O)NC[C@@H](Cc2ccccc2)NC(O)[C@@H](C)NC1=O. The predicted molar refractivity (Wildman–Crippen MR) is 139 cm³/mol. The summed E-state index contributed by atoms with van der Waals surface area (Å²) in [5.41, 5.74) is 1.10. The first-order valence-electron chi connectivity index (χ1n) is 12.8. The number of allylic oxidation sites excluding steroid dienone is 1. The van der Waals surface area contributed by atoms with Crippen LogP contribution in [0, 0.1) is 11.8 Å². The molecule has 0 bridgehead atoms. The minimum atomic E-state index is -0.986. The molecular formula is C27H42N4O5. The second-order valence-corrected chi connectivity index (χ2v) is 9.97. The van der Waals surface area contributed by atoms with Crippen LogP contribution in [-0.2, 0) is 20.8 Å². The zero-order chi connectivity index (χ0) is 26.7. The zero-order valence-corrected chi connectivity index (χ0v) is 21.7. The quantitative estimate of drug-likeness (QED) is 0.297. The minimum Gasteiger partial charge on any atom is -0.481 e. The van der Waals surface area contributed by atoms with Crippen LogP contribution in [0.2, 0.25) is 0 Å². The van der Waals surface area contributed by atoms with Gasteiger partial charge in [0.15, 0.2) is 0 Å². The molecule has 36 heavy (non-hydrogen) atoms. The Morgan fingerprint density at radius 2 is 1.78 bits per heavy atom. The van der Waals surface area contributed by atoms with Crippen molar-refractivity contribution in [2.24, 2.45) is 11.8 Å². The van der Waals surface area contributed by atoms with E-state index < -0.39 is 30.2 Å². The molecule has 6 N–H and O–H groups in total. The van der Waals surface area contributed by atoms with Gasteiger partial charge in [0.2, 0.25) is 11.8 Å². The molecule has 9 heteroatoms. The Balaban J connectivity index is 2.28. The van der Waals surface area contributed by atoms with Gasteiger partial charge in [-0.2, -0.15) is 0 Å². The lowest BCUT2D eigenvalue weighted by atomic mass is 9.95. The van der Waals surface area contributed by atoms with Crippen molar-refractivity contribution in [3.05, 3.63) is 48.0 Å². The second-order valence-electron chi connectivity index (χ2n) is 9.97. The number of rotatable bonds is 8. The van der Waals surface area contributed by atoms with E-state index in [0.717, 1.165) is 5.56 Å². The summed E-state index contributed by atoms with van der Waals surface area (Å²) in [5.74, 6) is -2.02. The van der Waals surface area contributed by atoms with Gasteiger partial charge in [-0.25, -0.2) is 0 Å². The fraction of sp³-hybridized carbons (Fsp3) is 0.593. The smallest absolute Gasteiger partial charge is 0.303 e. The van der Waals surface area contributed by atoms with Crippen molar-refractivity contribution in [3.8, 4) is 0 Å². The van der Waals surface area contributed by atoms with Crippen molar-refractivity contribution in [2.45, 2.75) is 83.8 Å². The summed E-state index contributed by atoms with van der Waals surface area (Å²) in [7, 11) is 0. The maximum atomic E-state index is 13.2. The monoisotopic (exact) mass is 502 g/mol. The number of nitrogens with one attached hydrogen (secondary N) is 4. The first kappa shape index (κ1) is 29.5. The van der Waals surface area contributed by atoms with E-state index in [-0.39, 0.29) is 36.2 Å². The minimum absolute atomic E-state index is 0.0506. The van der Waals surface area contributed by atoms with Crippen LogP contribution in [-0.4, -0.2) is 64.9 Å². The fourth-order valence-corrected chi connectivity index (χ4v) is 4.20. The maximum absolute atomic E-state index is 13.2. The van der Waals surface area contributed by atoms with Crippen LogP contribution in [0.4, 0.5) is 0 Å². The molecule has 1 aromatic carbocycles. The van der Waals surface area contributed by atoms with E-state index in [1.807, 2.05) is 63.3 Å². The van der Waals surface area contributed by atoms with Crippen LogP contribution in [0.3, 0.4) is 0 Å². The highest BCUT2D eigenvalue weighted by molar-refractivity contribution is 5.89. The molecule has 1 fully saturated rings. The van der Waals surface area contributed by atoms with E-state index >= 15 is 0 Å². The molecule has 1 aromatic rings. The topological polar surface area (TPSA) is 140 Å². The van der Waals surface area contributed by atoms with Gasteiger partial charge in [0, 0.05) is 25.0 Å². The van der Waals surface area contributed by atoms with Gasteiger partial charge in [0.05, 0.1) is 12.0 Å². The van der Waals surface area contributed by atoms with Crippen molar-refractivity contribution < 1.29 is 24.6 Å². The van der Waals surface area contributed by atoms with Crippen molar-refractivity contribution >= 4 is 17.8 Å². The summed E-state index contributed by atoms with van der Waals surface area (Å²) in [6.07, 6.45) is 4.35. The Kier molecular flexibility index (Phi) is 12.1. The van der Waals surface area contributed by atoms with Gasteiger partial charge in [-0.15, -0.1) is 0 Å².